The third-order valence-corrected chi connectivity index (χ3v) is 3.76. The number of amides is 1. The van der Waals surface area contributed by atoms with Gasteiger partial charge in [0.15, 0.2) is 5.13 Å². The number of nitrogens with two attached hydrogens (primary N) is 1. The fraction of sp³-hybridized carbons (Fsp3) is 0.333. The molecule has 1 aromatic carbocycles. The number of anilines is 2. The van der Waals surface area contributed by atoms with Gasteiger partial charge in [-0.15, -0.1) is 11.3 Å². The zero-order chi connectivity index (χ0) is 15.6. The van der Waals surface area contributed by atoms with Crippen molar-refractivity contribution in [3.63, 3.8) is 0 Å². The van der Waals surface area contributed by atoms with Crippen molar-refractivity contribution in [3.8, 4) is 5.75 Å². The summed E-state index contributed by atoms with van der Waals surface area (Å²) in [5.41, 5.74) is 7.46. The van der Waals surface area contributed by atoms with E-state index < -0.39 is 0 Å². The van der Waals surface area contributed by atoms with Gasteiger partial charge >= 0.3 is 0 Å². The van der Waals surface area contributed by atoms with E-state index in [1.807, 2.05) is 5.38 Å². The van der Waals surface area contributed by atoms with Gasteiger partial charge in [0.2, 0.25) is 0 Å². The molecule has 21 heavy (non-hydrogen) atoms. The van der Waals surface area contributed by atoms with E-state index in [1.54, 1.807) is 18.2 Å². The highest BCUT2D eigenvalue weighted by Gasteiger charge is 2.20. The maximum Gasteiger partial charge on any atom is 0.263 e. The summed E-state index contributed by atoms with van der Waals surface area (Å²) in [5.74, 6) is 0.125. The van der Waals surface area contributed by atoms with Gasteiger partial charge in [-0.3, -0.25) is 10.1 Å². The first-order valence-electron chi connectivity index (χ1n) is 6.52. The predicted octanol–water partition coefficient (Wildman–Crippen LogP) is 3.28. The number of benzene rings is 1. The largest absolute Gasteiger partial charge is 0.496 e. The van der Waals surface area contributed by atoms with Crippen molar-refractivity contribution in [2.45, 2.75) is 26.2 Å². The van der Waals surface area contributed by atoms with Crippen LogP contribution >= 0.6 is 11.3 Å². The van der Waals surface area contributed by atoms with Gasteiger partial charge in [-0.25, -0.2) is 4.98 Å². The minimum absolute atomic E-state index is 0.0526. The first kappa shape index (κ1) is 15.3. The quantitative estimate of drug-likeness (QED) is 0.853. The molecule has 0 radical (unpaired) electrons. The summed E-state index contributed by atoms with van der Waals surface area (Å²) in [6.07, 6.45) is 0. The molecule has 0 bridgehead atoms. The van der Waals surface area contributed by atoms with E-state index in [9.17, 15) is 4.79 Å². The number of rotatable bonds is 3. The van der Waals surface area contributed by atoms with Crippen molar-refractivity contribution in [2.75, 3.05) is 18.2 Å². The molecule has 0 fully saturated rings. The Morgan fingerprint density at radius 2 is 2.10 bits per heavy atom. The molecule has 0 unspecified atom stereocenters. The molecule has 6 heteroatoms. The van der Waals surface area contributed by atoms with Crippen molar-refractivity contribution >= 4 is 28.1 Å². The van der Waals surface area contributed by atoms with E-state index in [-0.39, 0.29) is 11.3 Å². The summed E-state index contributed by atoms with van der Waals surface area (Å²) >= 11 is 1.39. The number of nitrogens with zero attached hydrogens (tertiary/aromatic N) is 1. The minimum Gasteiger partial charge on any atom is -0.496 e. The summed E-state index contributed by atoms with van der Waals surface area (Å²) in [5, 5.41) is 5.27. The number of thiazole rings is 1. The SMILES string of the molecule is COc1cccc(N)c1C(=O)Nc1nc(C(C)(C)C)cs1. The van der Waals surface area contributed by atoms with Crippen LogP contribution in [0.2, 0.25) is 0 Å². The number of ether oxygens (including phenoxy) is 1. The molecule has 1 heterocycles. The van der Waals surface area contributed by atoms with Crippen LogP contribution in [0.5, 0.6) is 5.75 Å². The number of methoxy groups -OCH3 is 1. The molecular weight excluding hydrogens is 286 g/mol. The molecule has 5 nitrogen and oxygen atoms in total. The molecule has 0 saturated heterocycles. The first-order chi connectivity index (χ1) is 9.82. The van der Waals surface area contributed by atoms with Crippen molar-refractivity contribution in [1.29, 1.82) is 0 Å². The van der Waals surface area contributed by atoms with Gasteiger partial charge in [0.25, 0.3) is 5.91 Å². The molecule has 0 aliphatic rings. The number of carbonyl (C=O) groups is 1. The van der Waals surface area contributed by atoms with Gasteiger partial charge in [-0.05, 0) is 12.1 Å². The van der Waals surface area contributed by atoms with Gasteiger partial charge < -0.3 is 10.5 Å². The van der Waals surface area contributed by atoms with Crippen molar-refractivity contribution in [2.24, 2.45) is 0 Å². The van der Waals surface area contributed by atoms with E-state index >= 15 is 0 Å². The summed E-state index contributed by atoms with van der Waals surface area (Å²) in [7, 11) is 1.51. The van der Waals surface area contributed by atoms with Crippen molar-refractivity contribution in [1.82, 2.24) is 4.98 Å². The van der Waals surface area contributed by atoms with Gasteiger partial charge in [-0.1, -0.05) is 26.8 Å². The van der Waals surface area contributed by atoms with Gasteiger partial charge in [0, 0.05) is 16.5 Å². The number of nitrogens with one attached hydrogen (secondary N) is 1. The highest BCUT2D eigenvalue weighted by Crippen LogP contribution is 2.28. The molecule has 0 saturated carbocycles. The Morgan fingerprint density at radius 1 is 1.38 bits per heavy atom. The van der Waals surface area contributed by atoms with Crippen LogP contribution in [0.3, 0.4) is 0 Å². The lowest BCUT2D eigenvalue weighted by molar-refractivity contribution is 0.102. The van der Waals surface area contributed by atoms with Crippen LogP contribution in [0.15, 0.2) is 23.6 Å². The topological polar surface area (TPSA) is 77.2 Å². The van der Waals surface area contributed by atoms with Gasteiger partial charge in [-0.2, -0.15) is 0 Å². The Morgan fingerprint density at radius 3 is 2.67 bits per heavy atom. The first-order valence-corrected chi connectivity index (χ1v) is 7.40. The van der Waals surface area contributed by atoms with E-state index in [0.717, 1.165) is 5.69 Å². The Kier molecular flexibility index (Phi) is 4.18. The summed E-state index contributed by atoms with van der Waals surface area (Å²) in [6, 6.07) is 5.11. The second-order valence-electron chi connectivity index (χ2n) is 5.67. The fourth-order valence-corrected chi connectivity index (χ4v) is 2.73. The summed E-state index contributed by atoms with van der Waals surface area (Å²) in [4.78, 5) is 16.8. The fourth-order valence-electron chi connectivity index (χ4n) is 1.80. The molecule has 0 aliphatic heterocycles. The number of nitrogen functional groups attached to an aromatic ring is 1. The average molecular weight is 305 g/mol. The molecule has 112 valence electrons. The molecular formula is C15H19N3O2S. The van der Waals surface area contributed by atoms with Crippen LogP contribution in [0.25, 0.3) is 0 Å². The minimum atomic E-state index is -0.320. The third kappa shape index (κ3) is 3.33. The normalized spacial score (nSPS) is 11.2. The second kappa shape index (κ2) is 5.73. The molecule has 0 atom stereocenters. The van der Waals surface area contributed by atoms with E-state index in [1.165, 1.54) is 18.4 Å². The smallest absolute Gasteiger partial charge is 0.263 e. The van der Waals surface area contributed by atoms with E-state index in [4.69, 9.17) is 10.5 Å². The zero-order valence-electron chi connectivity index (χ0n) is 12.6. The second-order valence-corrected chi connectivity index (χ2v) is 6.52. The number of hydrogen-bond acceptors (Lipinski definition) is 5. The highest BCUT2D eigenvalue weighted by atomic mass is 32.1. The van der Waals surface area contributed by atoms with Crippen LogP contribution in [0, 0.1) is 0 Å². The van der Waals surface area contributed by atoms with Gasteiger partial charge in [0.05, 0.1) is 12.8 Å². The maximum absolute atomic E-state index is 12.4. The molecule has 2 rings (SSSR count). The number of aromatic nitrogens is 1. The number of carbonyl (C=O) groups excluding carboxylic acids is 1. The predicted molar refractivity (Wildman–Crippen MR) is 86.2 cm³/mol. The third-order valence-electron chi connectivity index (χ3n) is 3.00. The maximum atomic E-state index is 12.4. The molecule has 1 amide bonds. The van der Waals surface area contributed by atoms with E-state index in [0.29, 0.717) is 22.1 Å². The molecule has 2 aromatic rings. The summed E-state index contributed by atoms with van der Waals surface area (Å²) < 4.78 is 5.19. The Labute approximate surface area is 128 Å². The molecule has 3 N–H and O–H groups in total. The van der Waals surface area contributed by atoms with Gasteiger partial charge in [0.1, 0.15) is 11.3 Å². The molecule has 0 aliphatic carbocycles. The van der Waals surface area contributed by atoms with Crippen LogP contribution in [-0.2, 0) is 5.41 Å². The van der Waals surface area contributed by atoms with Crippen molar-refractivity contribution < 1.29 is 9.53 Å². The van der Waals surface area contributed by atoms with Crippen LogP contribution < -0.4 is 15.8 Å². The zero-order valence-corrected chi connectivity index (χ0v) is 13.4. The van der Waals surface area contributed by atoms with E-state index in [2.05, 4.69) is 31.1 Å². The van der Waals surface area contributed by atoms with Crippen LogP contribution in [0.1, 0.15) is 36.8 Å². The Hall–Kier alpha value is -2.08. The molecule has 1 aromatic heterocycles. The monoisotopic (exact) mass is 305 g/mol. The highest BCUT2D eigenvalue weighted by molar-refractivity contribution is 7.14. The van der Waals surface area contributed by atoms with Crippen molar-refractivity contribution in [3.05, 3.63) is 34.8 Å². The average Bonchev–Trinajstić information content (AvgIpc) is 2.86. The van der Waals surface area contributed by atoms with Crippen LogP contribution in [-0.4, -0.2) is 18.0 Å². The standard InChI is InChI=1S/C15H19N3O2S/c1-15(2,3)11-8-21-14(17-11)18-13(19)12-9(16)6-5-7-10(12)20-4/h5-8H,16H2,1-4H3,(H,17,18,19). The summed E-state index contributed by atoms with van der Waals surface area (Å²) in [6.45, 7) is 6.23. The lowest BCUT2D eigenvalue weighted by Gasteiger charge is -2.14. The number of hydrogen-bond donors (Lipinski definition) is 2. The lowest BCUT2D eigenvalue weighted by Crippen LogP contribution is -2.16. The molecule has 0 spiro atoms. The van der Waals surface area contributed by atoms with Crippen LogP contribution in [0.4, 0.5) is 10.8 Å². The Bertz CT molecular complexity index is 659. The lowest BCUT2D eigenvalue weighted by atomic mass is 9.93. The Balaban J connectivity index is 2.25.